The first kappa shape index (κ1) is 19.4. The van der Waals surface area contributed by atoms with E-state index in [9.17, 15) is 14.3 Å². The van der Waals surface area contributed by atoms with Gasteiger partial charge >= 0.3 is 0 Å². The van der Waals surface area contributed by atoms with Crippen LogP contribution in [0.2, 0.25) is 0 Å². The van der Waals surface area contributed by atoms with Crippen LogP contribution < -0.4 is 15.2 Å². The van der Waals surface area contributed by atoms with E-state index in [1.807, 2.05) is 12.1 Å². The number of aliphatic hydroxyl groups is 1. The minimum Gasteiger partial charge on any atom is -0.491 e. The number of aliphatic hydroxyl groups excluding tert-OH is 1. The Balaban J connectivity index is 1.25. The van der Waals surface area contributed by atoms with Crippen LogP contribution in [0.15, 0.2) is 59.4 Å². The number of piperazine rings is 1. The van der Waals surface area contributed by atoms with Crippen molar-refractivity contribution < 1.29 is 14.2 Å². The maximum absolute atomic E-state index is 13.4. The average Bonchev–Trinajstić information content (AvgIpc) is 2.73. The summed E-state index contributed by atoms with van der Waals surface area (Å²) >= 11 is 0. The van der Waals surface area contributed by atoms with Crippen molar-refractivity contribution in [2.24, 2.45) is 0 Å². The lowest BCUT2D eigenvalue weighted by Gasteiger charge is -2.36. The maximum Gasteiger partial charge on any atom is 0.248 e. The van der Waals surface area contributed by atoms with Gasteiger partial charge in [0.2, 0.25) is 5.56 Å². The first-order valence-electron chi connectivity index (χ1n) is 9.74. The second-order valence-electron chi connectivity index (χ2n) is 7.30. The summed E-state index contributed by atoms with van der Waals surface area (Å²) in [7, 11) is 0. The van der Waals surface area contributed by atoms with E-state index >= 15 is 0 Å². The third-order valence-electron chi connectivity index (χ3n) is 5.15. The molecule has 0 saturated carbocycles. The number of rotatable bonds is 6. The lowest BCUT2D eigenvalue weighted by molar-refractivity contribution is 0.0663. The van der Waals surface area contributed by atoms with Gasteiger partial charge < -0.3 is 19.7 Å². The predicted octanol–water partition coefficient (Wildman–Crippen LogP) is 2.23. The SMILES string of the molecule is O=c1ccc2cc(OC[C@@H](O)CN3CCN(c4cccc(F)c4)CC3)ccc2[nH]1. The zero-order valence-electron chi connectivity index (χ0n) is 16.1. The van der Waals surface area contributed by atoms with Crippen LogP contribution in [0.5, 0.6) is 5.75 Å². The molecule has 1 saturated heterocycles. The van der Waals surface area contributed by atoms with Crippen LogP contribution in [0, 0.1) is 5.82 Å². The molecule has 1 atom stereocenters. The summed E-state index contributed by atoms with van der Waals surface area (Å²) < 4.78 is 19.1. The average molecular weight is 397 g/mol. The van der Waals surface area contributed by atoms with Crippen LogP contribution >= 0.6 is 0 Å². The lowest BCUT2D eigenvalue weighted by atomic mass is 10.2. The van der Waals surface area contributed by atoms with E-state index < -0.39 is 6.10 Å². The number of halogens is 1. The minimum absolute atomic E-state index is 0.140. The Morgan fingerprint density at radius 2 is 1.90 bits per heavy atom. The van der Waals surface area contributed by atoms with Gasteiger partial charge in [0.05, 0.1) is 0 Å². The van der Waals surface area contributed by atoms with Crippen LogP contribution in [0.1, 0.15) is 0 Å². The number of β-amino-alcohol motifs (C(OH)–C–C–N with tert-alkyl or cyclic N) is 1. The van der Waals surface area contributed by atoms with Crippen LogP contribution in [0.4, 0.5) is 10.1 Å². The molecule has 0 unspecified atom stereocenters. The zero-order valence-corrected chi connectivity index (χ0v) is 16.1. The van der Waals surface area contributed by atoms with Crippen molar-refractivity contribution in [1.29, 1.82) is 0 Å². The molecule has 7 heteroatoms. The summed E-state index contributed by atoms with van der Waals surface area (Å²) in [4.78, 5) is 18.5. The van der Waals surface area contributed by atoms with Gasteiger partial charge in [-0.05, 0) is 42.5 Å². The third-order valence-corrected chi connectivity index (χ3v) is 5.15. The van der Waals surface area contributed by atoms with Gasteiger partial charge in [-0.3, -0.25) is 9.69 Å². The van der Waals surface area contributed by atoms with Crippen molar-refractivity contribution in [2.75, 3.05) is 44.2 Å². The number of H-pyrrole nitrogens is 1. The number of benzene rings is 2. The molecule has 2 N–H and O–H groups in total. The first-order chi connectivity index (χ1) is 14.1. The molecule has 152 valence electrons. The molecule has 1 aromatic heterocycles. The van der Waals surface area contributed by atoms with Crippen molar-refractivity contribution in [1.82, 2.24) is 9.88 Å². The summed E-state index contributed by atoms with van der Waals surface area (Å²) in [6.45, 7) is 3.91. The van der Waals surface area contributed by atoms with E-state index in [4.69, 9.17) is 4.74 Å². The van der Waals surface area contributed by atoms with Crippen molar-refractivity contribution in [3.05, 3.63) is 70.8 Å². The number of aromatic nitrogens is 1. The number of nitrogens with zero attached hydrogens (tertiary/aromatic N) is 2. The smallest absolute Gasteiger partial charge is 0.248 e. The summed E-state index contributed by atoms with van der Waals surface area (Å²) in [6, 6.07) is 15.3. The molecule has 3 aromatic rings. The van der Waals surface area contributed by atoms with Crippen LogP contribution in [-0.4, -0.2) is 60.4 Å². The standard InChI is InChI=1S/C22H24FN3O3/c23-17-2-1-3-18(13-17)26-10-8-25(9-11-26)14-19(27)15-29-20-5-6-21-16(12-20)4-7-22(28)24-21/h1-7,12-13,19,27H,8-11,14-15H2,(H,24,28)/t19-/m0/s1. The molecule has 0 bridgehead atoms. The van der Waals surface area contributed by atoms with E-state index in [1.165, 1.54) is 12.1 Å². The monoisotopic (exact) mass is 397 g/mol. The first-order valence-corrected chi connectivity index (χ1v) is 9.74. The molecule has 2 heterocycles. The highest BCUT2D eigenvalue weighted by molar-refractivity contribution is 5.79. The molecule has 0 radical (unpaired) electrons. The van der Waals surface area contributed by atoms with E-state index in [0.29, 0.717) is 12.3 Å². The highest BCUT2D eigenvalue weighted by atomic mass is 19.1. The Morgan fingerprint density at radius 1 is 1.07 bits per heavy atom. The van der Waals surface area contributed by atoms with E-state index in [2.05, 4.69) is 14.8 Å². The van der Waals surface area contributed by atoms with E-state index in [1.54, 1.807) is 30.3 Å². The Bertz CT molecular complexity index is 1030. The van der Waals surface area contributed by atoms with Crippen LogP contribution in [-0.2, 0) is 0 Å². The largest absolute Gasteiger partial charge is 0.491 e. The Hall–Kier alpha value is -2.90. The van der Waals surface area contributed by atoms with Gasteiger partial charge in [-0.15, -0.1) is 0 Å². The maximum atomic E-state index is 13.4. The molecule has 6 nitrogen and oxygen atoms in total. The second-order valence-corrected chi connectivity index (χ2v) is 7.30. The molecule has 0 aliphatic carbocycles. The number of fused-ring (bicyclic) bond motifs is 1. The van der Waals surface area contributed by atoms with Crippen LogP contribution in [0.3, 0.4) is 0 Å². The summed E-state index contributed by atoms with van der Waals surface area (Å²) in [6.07, 6.45) is -0.609. The van der Waals surface area contributed by atoms with Crippen molar-refractivity contribution in [3.8, 4) is 5.75 Å². The van der Waals surface area contributed by atoms with E-state index in [0.717, 1.165) is 42.8 Å². The topological polar surface area (TPSA) is 68.8 Å². The molecular weight excluding hydrogens is 373 g/mol. The number of hydrogen-bond acceptors (Lipinski definition) is 5. The van der Waals surface area contributed by atoms with Gasteiger partial charge in [0, 0.05) is 55.4 Å². The predicted molar refractivity (Wildman–Crippen MR) is 111 cm³/mol. The second kappa shape index (κ2) is 8.63. The highest BCUT2D eigenvalue weighted by Crippen LogP contribution is 2.19. The summed E-state index contributed by atoms with van der Waals surface area (Å²) in [5, 5.41) is 11.2. The van der Waals surface area contributed by atoms with Crippen molar-refractivity contribution >= 4 is 16.6 Å². The number of hydrogen-bond donors (Lipinski definition) is 2. The molecule has 1 aliphatic rings. The number of anilines is 1. The van der Waals surface area contributed by atoms with Gasteiger partial charge in [-0.2, -0.15) is 0 Å². The Morgan fingerprint density at radius 3 is 2.69 bits per heavy atom. The van der Waals surface area contributed by atoms with Gasteiger partial charge in [0.25, 0.3) is 0 Å². The molecule has 0 spiro atoms. The highest BCUT2D eigenvalue weighted by Gasteiger charge is 2.20. The number of ether oxygens (including phenoxy) is 1. The number of nitrogens with one attached hydrogen (secondary N) is 1. The quantitative estimate of drug-likeness (QED) is 0.668. The van der Waals surface area contributed by atoms with Crippen molar-refractivity contribution in [2.45, 2.75) is 6.10 Å². The fourth-order valence-corrected chi connectivity index (χ4v) is 3.63. The molecule has 1 aliphatic heterocycles. The minimum atomic E-state index is -0.609. The van der Waals surface area contributed by atoms with Gasteiger partial charge in [-0.25, -0.2) is 4.39 Å². The molecule has 4 rings (SSSR count). The lowest BCUT2D eigenvalue weighted by Crippen LogP contribution is -2.49. The molecule has 29 heavy (non-hydrogen) atoms. The third kappa shape index (κ3) is 4.93. The van der Waals surface area contributed by atoms with Crippen molar-refractivity contribution in [3.63, 3.8) is 0 Å². The van der Waals surface area contributed by atoms with E-state index in [-0.39, 0.29) is 18.0 Å². The molecule has 1 fully saturated rings. The van der Waals surface area contributed by atoms with Gasteiger partial charge in [-0.1, -0.05) is 6.07 Å². The summed E-state index contributed by atoms with van der Waals surface area (Å²) in [5.41, 5.74) is 1.51. The normalized spacial score (nSPS) is 16.1. The Kier molecular flexibility index (Phi) is 5.78. The molecular formula is C22H24FN3O3. The number of aromatic amines is 1. The fourth-order valence-electron chi connectivity index (χ4n) is 3.63. The van der Waals surface area contributed by atoms with Gasteiger partial charge in [0.15, 0.2) is 0 Å². The van der Waals surface area contributed by atoms with Crippen LogP contribution in [0.25, 0.3) is 10.9 Å². The van der Waals surface area contributed by atoms with Gasteiger partial charge in [0.1, 0.15) is 24.3 Å². The number of pyridine rings is 1. The Labute approximate surface area is 168 Å². The molecule has 0 amide bonds. The summed E-state index contributed by atoms with van der Waals surface area (Å²) in [5.74, 6) is 0.428. The fraction of sp³-hybridized carbons (Fsp3) is 0.318. The zero-order chi connectivity index (χ0) is 20.2. The molecule has 2 aromatic carbocycles.